The van der Waals surface area contributed by atoms with Gasteiger partial charge in [-0.05, 0) is 36.8 Å². The Bertz CT molecular complexity index is 994. The number of thiazole rings is 1. The van der Waals surface area contributed by atoms with E-state index in [0.717, 1.165) is 20.8 Å². The molecule has 0 aliphatic rings. The van der Waals surface area contributed by atoms with E-state index in [1.54, 1.807) is 23.5 Å². The van der Waals surface area contributed by atoms with E-state index in [2.05, 4.69) is 10.3 Å². The summed E-state index contributed by atoms with van der Waals surface area (Å²) in [4.78, 5) is 16.8. The number of hydrogen-bond acceptors (Lipinski definition) is 5. The minimum absolute atomic E-state index is 0.0515. The Morgan fingerprint density at radius 3 is 2.54 bits per heavy atom. The molecule has 2 aromatic carbocycles. The molecule has 8 heteroatoms. The minimum Gasteiger partial charge on any atom is -0.350 e. The van der Waals surface area contributed by atoms with Crippen LogP contribution in [-0.2, 0) is 21.2 Å². The van der Waals surface area contributed by atoms with Gasteiger partial charge in [0.05, 0.1) is 26.2 Å². The number of rotatable bonds is 6. The van der Waals surface area contributed by atoms with Gasteiger partial charge in [0.1, 0.15) is 0 Å². The molecule has 1 heterocycles. The summed E-state index contributed by atoms with van der Waals surface area (Å²) < 4.78 is 23.7. The fourth-order valence-electron chi connectivity index (χ4n) is 2.59. The van der Waals surface area contributed by atoms with Crippen molar-refractivity contribution in [3.05, 3.63) is 59.1 Å². The van der Waals surface area contributed by atoms with Gasteiger partial charge in [-0.3, -0.25) is 4.79 Å². The Morgan fingerprint density at radius 1 is 1.19 bits per heavy atom. The Balaban J connectivity index is 1.57. The van der Waals surface area contributed by atoms with Crippen LogP contribution in [0.5, 0.6) is 0 Å². The first-order chi connectivity index (χ1) is 12.3. The molecule has 0 saturated heterocycles. The maximum Gasteiger partial charge on any atom is 0.238 e. The molecule has 0 spiro atoms. The molecule has 1 amide bonds. The number of carbonyl (C=O) groups is 1. The van der Waals surface area contributed by atoms with Gasteiger partial charge < -0.3 is 5.32 Å². The van der Waals surface area contributed by atoms with Crippen LogP contribution >= 0.6 is 11.3 Å². The van der Waals surface area contributed by atoms with Gasteiger partial charge in [-0.25, -0.2) is 18.5 Å². The first-order valence-electron chi connectivity index (χ1n) is 8.09. The zero-order valence-corrected chi connectivity index (χ0v) is 15.8. The molecule has 1 aromatic heterocycles. The maximum atomic E-state index is 12.2. The monoisotopic (exact) mass is 389 g/mol. The second-order valence-electron chi connectivity index (χ2n) is 5.98. The van der Waals surface area contributed by atoms with Gasteiger partial charge in [0, 0.05) is 12.8 Å². The number of nitrogens with zero attached hydrogens (tertiary/aromatic N) is 1. The number of nitrogens with one attached hydrogen (secondary N) is 1. The van der Waals surface area contributed by atoms with Crippen molar-refractivity contribution in [3.63, 3.8) is 0 Å². The summed E-state index contributed by atoms with van der Waals surface area (Å²) in [7, 11) is -3.71. The van der Waals surface area contributed by atoms with Crippen LogP contribution < -0.4 is 10.5 Å². The quantitative estimate of drug-likeness (QED) is 0.677. The average molecular weight is 390 g/mol. The predicted molar refractivity (Wildman–Crippen MR) is 102 cm³/mol. The lowest BCUT2D eigenvalue weighted by Gasteiger charge is -2.14. The molecule has 0 radical (unpaired) electrons. The van der Waals surface area contributed by atoms with Crippen LogP contribution in [0.1, 0.15) is 30.0 Å². The molecule has 3 rings (SSSR count). The maximum absolute atomic E-state index is 12.2. The average Bonchev–Trinajstić information content (AvgIpc) is 3.02. The van der Waals surface area contributed by atoms with Crippen LogP contribution in [0.4, 0.5) is 0 Å². The van der Waals surface area contributed by atoms with Crippen LogP contribution in [0.15, 0.2) is 53.4 Å². The Hall–Kier alpha value is -2.29. The summed E-state index contributed by atoms with van der Waals surface area (Å²) in [5.74, 6) is -0.0766. The number of aryl methyl sites for hydroxylation is 1. The van der Waals surface area contributed by atoms with Crippen LogP contribution in [0.25, 0.3) is 10.2 Å². The third-order valence-electron chi connectivity index (χ3n) is 3.99. The Labute approximate surface area is 156 Å². The summed E-state index contributed by atoms with van der Waals surface area (Å²) in [6, 6.07) is 13.8. The number of benzene rings is 2. The van der Waals surface area contributed by atoms with Gasteiger partial charge in [0.25, 0.3) is 0 Å². The van der Waals surface area contributed by atoms with Crippen molar-refractivity contribution < 1.29 is 13.2 Å². The van der Waals surface area contributed by atoms with Crippen molar-refractivity contribution in [2.24, 2.45) is 5.14 Å². The van der Waals surface area contributed by atoms with Crippen molar-refractivity contribution in [1.29, 1.82) is 0 Å². The van der Waals surface area contributed by atoms with Gasteiger partial charge in [-0.1, -0.05) is 24.3 Å². The van der Waals surface area contributed by atoms with Crippen LogP contribution in [0.2, 0.25) is 0 Å². The molecular formula is C18H19N3O3S2. The standard InChI is InChI=1S/C18H19N3O3S2/c1-12(13-6-8-14(9-7-13)26(19,23)24)20-17(22)10-11-18-21-15-4-2-3-5-16(15)25-18/h2-9,12H,10-11H2,1H3,(H,20,22)(H2,19,23,24)/t12-/m1/s1. The highest BCUT2D eigenvalue weighted by molar-refractivity contribution is 7.89. The Kier molecular flexibility index (Phi) is 5.36. The van der Waals surface area contributed by atoms with Crippen molar-refractivity contribution in [3.8, 4) is 0 Å². The lowest BCUT2D eigenvalue weighted by Crippen LogP contribution is -2.26. The number of amides is 1. The molecule has 136 valence electrons. The van der Waals surface area contributed by atoms with E-state index in [1.165, 1.54) is 12.1 Å². The predicted octanol–water partition coefficient (Wildman–Crippen LogP) is 2.75. The van der Waals surface area contributed by atoms with Gasteiger partial charge >= 0.3 is 0 Å². The highest BCUT2D eigenvalue weighted by Gasteiger charge is 2.13. The van der Waals surface area contributed by atoms with Crippen molar-refractivity contribution in [2.75, 3.05) is 0 Å². The molecule has 0 aliphatic heterocycles. The fraction of sp³-hybridized carbons (Fsp3) is 0.222. The molecule has 26 heavy (non-hydrogen) atoms. The minimum atomic E-state index is -3.71. The molecule has 0 fully saturated rings. The normalized spacial score (nSPS) is 12.8. The molecule has 0 aliphatic carbocycles. The zero-order chi connectivity index (χ0) is 18.7. The molecular weight excluding hydrogens is 370 g/mol. The first kappa shape index (κ1) is 18.5. The Morgan fingerprint density at radius 2 is 1.88 bits per heavy atom. The highest BCUT2D eigenvalue weighted by Crippen LogP contribution is 2.22. The third kappa shape index (κ3) is 4.46. The molecule has 1 atom stereocenters. The topological polar surface area (TPSA) is 102 Å². The number of aromatic nitrogens is 1. The van der Waals surface area contributed by atoms with Crippen molar-refractivity contribution >= 4 is 37.5 Å². The van der Waals surface area contributed by atoms with E-state index in [9.17, 15) is 13.2 Å². The number of sulfonamides is 1. The van der Waals surface area contributed by atoms with Gasteiger partial charge in [-0.2, -0.15) is 0 Å². The second kappa shape index (κ2) is 7.53. The van der Waals surface area contributed by atoms with Gasteiger partial charge in [-0.15, -0.1) is 11.3 Å². The van der Waals surface area contributed by atoms with Gasteiger partial charge in [0.15, 0.2) is 0 Å². The van der Waals surface area contributed by atoms with E-state index in [0.29, 0.717) is 12.8 Å². The number of carbonyl (C=O) groups excluding carboxylic acids is 1. The lowest BCUT2D eigenvalue weighted by atomic mass is 10.1. The molecule has 0 unspecified atom stereocenters. The summed E-state index contributed by atoms with van der Waals surface area (Å²) in [5.41, 5.74) is 1.77. The van der Waals surface area contributed by atoms with E-state index in [1.807, 2.05) is 31.2 Å². The molecule has 3 N–H and O–H groups in total. The highest BCUT2D eigenvalue weighted by atomic mass is 32.2. The summed E-state index contributed by atoms with van der Waals surface area (Å²) in [6.07, 6.45) is 0.932. The molecule has 0 bridgehead atoms. The van der Waals surface area contributed by atoms with Crippen LogP contribution in [-0.4, -0.2) is 19.3 Å². The molecule has 0 saturated carbocycles. The van der Waals surface area contributed by atoms with Crippen molar-refractivity contribution in [1.82, 2.24) is 10.3 Å². The number of primary sulfonamides is 1. The van der Waals surface area contributed by atoms with E-state index in [-0.39, 0.29) is 16.8 Å². The number of para-hydroxylation sites is 1. The van der Waals surface area contributed by atoms with Gasteiger partial charge in [0.2, 0.25) is 15.9 Å². The van der Waals surface area contributed by atoms with Crippen LogP contribution in [0.3, 0.4) is 0 Å². The smallest absolute Gasteiger partial charge is 0.238 e. The lowest BCUT2D eigenvalue weighted by molar-refractivity contribution is -0.121. The van der Waals surface area contributed by atoms with E-state index in [4.69, 9.17) is 5.14 Å². The fourth-order valence-corrected chi connectivity index (χ4v) is 4.07. The number of fused-ring (bicyclic) bond motifs is 1. The summed E-state index contributed by atoms with van der Waals surface area (Å²) in [5, 5.41) is 8.94. The number of hydrogen-bond donors (Lipinski definition) is 2. The third-order valence-corrected chi connectivity index (χ3v) is 6.02. The van der Waals surface area contributed by atoms with Crippen LogP contribution in [0, 0.1) is 0 Å². The molecule has 3 aromatic rings. The SMILES string of the molecule is C[C@@H](NC(=O)CCc1nc2ccccc2s1)c1ccc(S(N)(=O)=O)cc1. The van der Waals surface area contributed by atoms with E-state index < -0.39 is 10.0 Å². The molecule has 6 nitrogen and oxygen atoms in total. The second-order valence-corrected chi connectivity index (χ2v) is 8.66. The van der Waals surface area contributed by atoms with Crippen molar-refractivity contribution in [2.45, 2.75) is 30.7 Å². The zero-order valence-electron chi connectivity index (χ0n) is 14.2. The summed E-state index contributed by atoms with van der Waals surface area (Å²) in [6.45, 7) is 1.85. The largest absolute Gasteiger partial charge is 0.350 e. The number of nitrogens with two attached hydrogens (primary N) is 1. The summed E-state index contributed by atoms with van der Waals surface area (Å²) >= 11 is 1.60. The first-order valence-corrected chi connectivity index (χ1v) is 10.5. The van der Waals surface area contributed by atoms with E-state index >= 15 is 0 Å².